The normalized spacial score (nSPS) is 16.4. The number of rotatable bonds is 8. The van der Waals surface area contributed by atoms with Crippen LogP contribution in [0, 0.1) is 5.82 Å². The average Bonchev–Trinajstić information content (AvgIpc) is 3.52. The maximum Gasteiger partial charge on any atom is 0.243 e. The molecule has 2 fully saturated rings. The van der Waals surface area contributed by atoms with Crippen LogP contribution < -0.4 is 15.5 Å². The predicted molar refractivity (Wildman–Crippen MR) is 113 cm³/mol. The molecule has 8 nitrogen and oxygen atoms in total. The number of halogens is 1. The highest BCUT2D eigenvalue weighted by Gasteiger charge is 2.32. The summed E-state index contributed by atoms with van der Waals surface area (Å²) in [4.78, 5) is 26.4. The topological polar surface area (TPSA) is 92.2 Å². The number of nitrogens with zero attached hydrogens (tertiary/aromatic N) is 4. The van der Waals surface area contributed by atoms with Gasteiger partial charge in [-0.15, -0.1) is 10.2 Å². The van der Waals surface area contributed by atoms with Crippen LogP contribution in [0.5, 0.6) is 0 Å². The highest BCUT2D eigenvalue weighted by molar-refractivity contribution is 7.99. The Labute approximate surface area is 178 Å². The Morgan fingerprint density at radius 1 is 1.07 bits per heavy atom. The van der Waals surface area contributed by atoms with E-state index in [9.17, 15) is 14.0 Å². The van der Waals surface area contributed by atoms with Crippen LogP contribution in [0.15, 0.2) is 29.4 Å². The van der Waals surface area contributed by atoms with E-state index in [1.165, 1.54) is 55.3 Å². The molecular weight excluding hydrogens is 407 g/mol. The van der Waals surface area contributed by atoms with E-state index < -0.39 is 0 Å². The van der Waals surface area contributed by atoms with Crippen LogP contribution in [0.2, 0.25) is 0 Å². The van der Waals surface area contributed by atoms with Gasteiger partial charge in [0.2, 0.25) is 17.8 Å². The Kier molecular flexibility index (Phi) is 6.51. The lowest BCUT2D eigenvalue weighted by atomic mass is 10.1. The third-order valence-electron chi connectivity index (χ3n) is 5.10. The number of hydrogen-bond acceptors (Lipinski definition) is 6. The number of amides is 2. The van der Waals surface area contributed by atoms with E-state index in [1.54, 1.807) is 0 Å². The molecule has 1 saturated carbocycles. The minimum Gasteiger partial charge on any atom is -0.346 e. The lowest BCUT2D eigenvalue weighted by molar-refractivity contribution is -0.122. The molecule has 160 valence electrons. The third kappa shape index (κ3) is 5.29. The summed E-state index contributed by atoms with van der Waals surface area (Å²) in [6.45, 7) is 1.85. The molecule has 0 atom stereocenters. The van der Waals surface area contributed by atoms with Crippen LogP contribution in [0.3, 0.4) is 0 Å². The number of benzene rings is 1. The summed E-state index contributed by atoms with van der Waals surface area (Å²) in [7, 11) is 0. The summed E-state index contributed by atoms with van der Waals surface area (Å²) in [5.41, 5.74) is 0.479. The van der Waals surface area contributed by atoms with Gasteiger partial charge in [-0.1, -0.05) is 11.8 Å². The Bertz CT molecular complexity index is 893. The molecule has 1 saturated heterocycles. The first-order chi connectivity index (χ1) is 14.6. The number of nitrogens with one attached hydrogen (secondary N) is 2. The quantitative estimate of drug-likeness (QED) is 0.623. The predicted octanol–water partition coefficient (Wildman–Crippen LogP) is 2.59. The molecule has 2 amide bonds. The summed E-state index contributed by atoms with van der Waals surface area (Å²) >= 11 is 1.34. The van der Waals surface area contributed by atoms with E-state index in [2.05, 4.69) is 30.3 Å². The van der Waals surface area contributed by atoms with Gasteiger partial charge in [0.25, 0.3) is 0 Å². The second-order valence-corrected chi connectivity index (χ2v) is 8.49. The Hall–Kier alpha value is -2.62. The van der Waals surface area contributed by atoms with E-state index in [1.807, 2.05) is 0 Å². The summed E-state index contributed by atoms with van der Waals surface area (Å²) in [6, 6.07) is 5.88. The number of carbonyl (C=O) groups is 2. The first-order valence-electron chi connectivity index (χ1n) is 10.2. The Balaban J connectivity index is 1.27. The number of thioether (sulfide) groups is 1. The van der Waals surface area contributed by atoms with Crippen molar-refractivity contribution in [3.05, 3.63) is 30.1 Å². The largest absolute Gasteiger partial charge is 0.346 e. The van der Waals surface area contributed by atoms with Crippen molar-refractivity contribution in [2.45, 2.75) is 43.3 Å². The van der Waals surface area contributed by atoms with E-state index in [4.69, 9.17) is 0 Å². The van der Waals surface area contributed by atoms with Gasteiger partial charge in [-0.25, -0.2) is 4.39 Å². The minimum absolute atomic E-state index is 0.148. The molecule has 10 heteroatoms. The molecule has 1 aliphatic heterocycles. The van der Waals surface area contributed by atoms with Gasteiger partial charge < -0.3 is 15.5 Å². The molecular formula is C20H25FN6O2S. The lowest BCUT2D eigenvalue weighted by Gasteiger charge is -2.27. The lowest BCUT2D eigenvalue weighted by Crippen LogP contribution is -2.34. The number of hydrogen-bond donors (Lipinski definition) is 2. The zero-order valence-corrected chi connectivity index (χ0v) is 17.5. The van der Waals surface area contributed by atoms with Crippen molar-refractivity contribution < 1.29 is 14.0 Å². The molecule has 1 aromatic carbocycles. The zero-order chi connectivity index (χ0) is 20.9. The average molecular weight is 433 g/mol. The third-order valence-corrected chi connectivity index (χ3v) is 6.05. The van der Waals surface area contributed by atoms with Crippen LogP contribution >= 0.6 is 11.8 Å². The second-order valence-electron chi connectivity index (χ2n) is 7.55. The van der Waals surface area contributed by atoms with Crippen LogP contribution in [0.4, 0.5) is 16.0 Å². The van der Waals surface area contributed by atoms with Crippen LogP contribution in [0.25, 0.3) is 0 Å². The number of carbonyl (C=O) groups excluding carboxylic acids is 2. The standard InChI is InChI=1S/C20H25FN6O2S/c21-14-4-6-15(7-5-14)23-17(28)12-22-18(29)13-30-20-25-24-19(27(20)16-8-9-16)26-10-2-1-3-11-26/h4-7,16H,1-3,8-13H2,(H,22,29)(H,23,28). The monoisotopic (exact) mass is 432 g/mol. The summed E-state index contributed by atoms with van der Waals surface area (Å²) in [6.07, 6.45) is 5.82. The van der Waals surface area contributed by atoms with Crippen molar-refractivity contribution in [2.24, 2.45) is 0 Å². The number of aromatic nitrogens is 3. The second kappa shape index (κ2) is 9.46. The molecule has 2 aromatic rings. The van der Waals surface area contributed by atoms with Crippen molar-refractivity contribution in [1.82, 2.24) is 20.1 Å². The van der Waals surface area contributed by atoms with Crippen molar-refractivity contribution in [3.8, 4) is 0 Å². The molecule has 0 unspecified atom stereocenters. The maximum absolute atomic E-state index is 12.9. The molecule has 1 aliphatic carbocycles. The highest BCUT2D eigenvalue weighted by atomic mass is 32.2. The molecule has 0 radical (unpaired) electrons. The number of anilines is 2. The van der Waals surface area contributed by atoms with E-state index >= 15 is 0 Å². The van der Waals surface area contributed by atoms with Gasteiger partial charge in [-0.05, 0) is 56.4 Å². The molecule has 0 spiro atoms. The molecule has 30 heavy (non-hydrogen) atoms. The van der Waals surface area contributed by atoms with Gasteiger partial charge in [-0.3, -0.25) is 14.2 Å². The van der Waals surface area contributed by atoms with E-state index in [0.29, 0.717) is 11.7 Å². The fourth-order valence-electron chi connectivity index (χ4n) is 3.43. The fraction of sp³-hybridized carbons (Fsp3) is 0.500. The first kappa shape index (κ1) is 20.6. The molecule has 1 aromatic heterocycles. The van der Waals surface area contributed by atoms with Crippen LogP contribution in [-0.4, -0.2) is 52.0 Å². The van der Waals surface area contributed by atoms with Gasteiger partial charge in [0, 0.05) is 24.8 Å². The van der Waals surface area contributed by atoms with Gasteiger partial charge in [-0.2, -0.15) is 0 Å². The molecule has 0 bridgehead atoms. The SMILES string of the molecule is O=C(CSc1nnc(N2CCCCC2)n1C1CC1)NCC(=O)Nc1ccc(F)cc1. The summed E-state index contributed by atoms with van der Waals surface area (Å²) < 4.78 is 15.1. The smallest absolute Gasteiger partial charge is 0.243 e. The van der Waals surface area contributed by atoms with Crippen molar-refractivity contribution in [3.63, 3.8) is 0 Å². The molecule has 4 rings (SSSR count). The zero-order valence-electron chi connectivity index (χ0n) is 16.6. The molecule has 2 aliphatic rings. The fourth-order valence-corrected chi connectivity index (χ4v) is 4.26. The Morgan fingerprint density at radius 2 is 1.80 bits per heavy atom. The van der Waals surface area contributed by atoms with Gasteiger partial charge in [0.05, 0.1) is 12.3 Å². The number of piperidine rings is 1. The van der Waals surface area contributed by atoms with Crippen LogP contribution in [0.1, 0.15) is 38.1 Å². The van der Waals surface area contributed by atoms with Crippen molar-refractivity contribution >= 4 is 35.2 Å². The van der Waals surface area contributed by atoms with E-state index in [-0.39, 0.29) is 29.9 Å². The summed E-state index contributed by atoms with van der Waals surface area (Å²) in [5, 5.41) is 14.7. The first-order valence-corrected chi connectivity index (χ1v) is 11.2. The Morgan fingerprint density at radius 3 is 2.50 bits per heavy atom. The van der Waals surface area contributed by atoms with Crippen molar-refractivity contribution in [2.75, 3.05) is 35.6 Å². The van der Waals surface area contributed by atoms with Crippen LogP contribution in [-0.2, 0) is 9.59 Å². The van der Waals surface area contributed by atoms with Crippen molar-refractivity contribution in [1.29, 1.82) is 0 Å². The summed E-state index contributed by atoms with van der Waals surface area (Å²) in [5.74, 6) is 0.0847. The van der Waals surface area contributed by atoms with Gasteiger partial charge >= 0.3 is 0 Å². The van der Waals surface area contributed by atoms with Gasteiger partial charge in [0.15, 0.2) is 5.16 Å². The maximum atomic E-state index is 12.9. The highest BCUT2D eigenvalue weighted by Crippen LogP contribution is 2.41. The van der Waals surface area contributed by atoms with E-state index in [0.717, 1.165) is 37.0 Å². The minimum atomic E-state index is -0.374. The molecule has 2 heterocycles. The molecule has 2 N–H and O–H groups in total. The van der Waals surface area contributed by atoms with Gasteiger partial charge in [0.1, 0.15) is 5.82 Å².